The summed E-state index contributed by atoms with van der Waals surface area (Å²) < 4.78 is 0. The Morgan fingerprint density at radius 1 is 1.25 bits per heavy atom. The third kappa shape index (κ3) is 2.31. The van der Waals surface area contributed by atoms with Crippen LogP contribution in [0.2, 0.25) is 0 Å². The molecule has 1 rings (SSSR count). The van der Waals surface area contributed by atoms with E-state index in [0.717, 1.165) is 6.29 Å². The van der Waals surface area contributed by atoms with Gasteiger partial charge in [-0.05, 0) is 32.9 Å². The summed E-state index contributed by atoms with van der Waals surface area (Å²) in [5, 5.41) is 0. The summed E-state index contributed by atoms with van der Waals surface area (Å²) in [4.78, 5) is 12.8. The fourth-order valence-electron chi connectivity index (χ4n) is 2.13. The minimum Gasteiger partial charge on any atom is -0.302 e. The molecule has 0 N–H and O–H groups in total. The van der Waals surface area contributed by atoms with Gasteiger partial charge in [-0.2, -0.15) is 0 Å². The van der Waals surface area contributed by atoms with E-state index in [1.54, 1.807) is 0 Å². The molecule has 0 aromatic carbocycles. The lowest BCUT2D eigenvalue weighted by atomic mass is 9.84. The van der Waals surface area contributed by atoms with Crippen molar-refractivity contribution in [1.29, 1.82) is 0 Å². The Balaban J connectivity index is 2.45. The molecule has 0 bridgehead atoms. The van der Waals surface area contributed by atoms with Gasteiger partial charge in [-0.15, -0.1) is 0 Å². The minimum atomic E-state index is 0.158. The van der Waals surface area contributed by atoms with Crippen molar-refractivity contribution in [3.05, 3.63) is 0 Å². The smallest absolute Gasteiger partial charge is 0.137 e. The van der Waals surface area contributed by atoms with E-state index >= 15 is 0 Å². The van der Waals surface area contributed by atoms with Crippen molar-refractivity contribution in [3.8, 4) is 0 Å². The molecule has 0 radical (unpaired) electrons. The van der Waals surface area contributed by atoms with E-state index in [-0.39, 0.29) is 6.04 Å². The lowest BCUT2D eigenvalue weighted by molar-refractivity contribution is -0.113. The summed E-state index contributed by atoms with van der Waals surface area (Å²) in [6, 6.07) is 0.158. The van der Waals surface area contributed by atoms with E-state index in [2.05, 4.69) is 0 Å². The van der Waals surface area contributed by atoms with Gasteiger partial charge in [0.15, 0.2) is 0 Å². The standard InChI is InChI=1S/C10H19NO/c1-11(2)10(8-12)9-6-4-3-5-7-9/h8-10H,3-7H2,1-2H3. The van der Waals surface area contributed by atoms with Gasteiger partial charge in [0.05, 0.1) is 6.04 Å². The Labute approximate surface area is 74.9 Å². The van der Waals surface area contributed by atoms with E-state index < -0.39 is 0 Å². The number of aldehydes is 1. The maximum Gasteiger partial charge on any atom is 0.137 e. The van der Waals surface area contributed by atoms with Crippen LogP contribution in [0.1, 0.15) is 32.1 Å². The molecule has 1 saturated carbocycles. The molecular weight excluding hydrogens is 150 g/mol. The van der Waals surface area contributed by atoms with Crippen molar-refractivity contribution in [2.24, 2.45) is 5.92 Å². The van der Waals surface area contributed by atoms with E-state index in [9.17, 15) is 4.79 Å². The van der Waals surface area contributed by atoms with E-state index in [1.807, 2.05) is 19.0 Å². The summed E-state index contributed by atoms with van der Waals surface area (Å²) in [7, 11) is 3.99. The van der Waals surface area contributed by atoms with Gasteiger partial charge in [-0.25, -0.2) is 0 Å². The van der Waals surface area contributed by atoms with Crippen LogP contribution in [-0.4, -0.2) is 31.3 Å². The molecule has 0 spiro atoms. The summed E-state index contributed by atoms with van der Waals surface area (Å²) in [6.07, 6.45) is 7.56. The molecule has 0 heterocycles. The van der Waals surface area contributed by atoms with Crippen LogP contribution in [0.25, 0.3) is 0 Å². The van der Waals surface area contributed by atoms with Crippen molar-refractivity contribution < 1.29 is 4.79 Å². The largest absolute Gasteiger partial charge is 0.302 e. The third-order valence-electron chi connectivity index (χ3n) is 2.87. The van der Waals surface area contributed by atoms with Crippen LogP contribution in [-0.2, 0) is 4.79 Å². The average molecular weight is 169 g/mol. The van der Waals surface area contributed by atoms with Gasteiger partial charge in [0.1, 0.15) is 6.29 Å². The molecule has 1 aliphatic rings. The van der Waals surface area contributed by atoms with Crippen molar-refractivity contribution in [1.82, 2.24) is 4.90 Å². The van der Waals surface area contributed by atoms with Crippen LogP contribution in [0.5, 0.6) is 0 Å². The fourth-order valence-corrected chi connectivity index (χ4v) is 2.13. The number of carbonyl (C=O) groups is 1. The normalized spacial score (nSPS) is 22.6. The molecule has 0 aromatic rings. The Kier molecular flexibility index (Phi) is 3.73. The van der Waals surface area contributed by atoms with E-state index in [4.69, 9.17) is 0 Å². The SMILES string of the molecule is CN(C)C(C=O)C1CCCCC1. The first-order chi connectivity index (χ1) is 5.75. The summed E-state index contributed by atoms with van der Waals surface area (Å²) >= 11 is 0. The maximum atomic E-state index is 10.8. The molecule has 0 aliphatic heterocycles. The molecule has 1 unspecified atom stereocenters. The van der Waals surface area contributed by atoms with E-state index in [1.165, 1.54) is 32.1 Å². The van der Waals surface area contributed by atoms with Gasteiger partial charge in [0.2, 0.25) is 0 Å². The molecule has 0 amide bonds. The Morgan fingerprint density at radius 3 is 2.25 bits per heavy atom. The van der Waals surface area contributed by atoms with Crippen molar-refractivity contribution >= 4 is 6.29 Å². The van der Waals surface area contributed by atoms with Crippen LogP contribution in [0.3, 0.4) is 0 Å². The predicted octanol–water partition coefficient (Wildman–Crippen LogP) is 1.70. The molecule has 1 fully saturated rings. The van der Waals surface area contributed by atoms with Gasteiger partial charge >= 0.3 is 0 Å². The molecule has 70 valence electrons. The Bertz CT molecular complexity index is 139. The van der Waals surface area contributed by atoms with Gasteiger partial charge in [-0.3, -0.25) is 4.90 Å². The second kappa shape index (κ2) is 4.61. The first-order valence-electron chi connectivity index (χ1n) is 4.87. The van der Waals surface area contributed by atoms with E-state index in [0.29, 0.717) is 5.92 Å². The van der Waals surface area contributed by atoms with Crippen molar-refractivity contribution in [2.45, 2.75) is 38.1 Å². The topological polar surface area (TPSA) is 20.3 Å². The number of hydrogen-bond donors (Lipinski definition) is 0. The molecule has 2 heteroatoms. The molecule has 12 heavy (non-hydrogen) atoms. The van der Waals surface area contributed by atoms with Crippen LogP contribution < -0.4 is 0 Å². The molecule has 0 saturated heterocycles. The number of rotatable bonds is 3. The van der Waals surface area contributed by atoms with Crippen molar-refractivity contribution in [3.63, 3.8) is 0 Å². The van der Waals surface area contributed by atoms with Crippen LogP contribution in [0.15, 0.2) is 0 Å². The zero-order chi connectivity index (χ0) is 8.97. The Morgan fingerprint density at radius 2 is 1.83 bits per heavy atom. The van der Waals surface area contributed by atoms with Crippen molar-refractivity contribution in [2.75, 3.05) is 14.1 Å². The van der Waals surface area contributed by atoms with Crippen LogP contribution in [0, 0.1) is 5.92 Å². The molecular formula is C10H19NO. The second-order valence-electron chi connectivity index (χ2n) is 3.99. The Hall–Kier alpha value is -0.370. The van der Waals surface area contributed by atoms with Gasteiger partial charge in [-0.1, -0.05) is 19.3 Å². The molecule has 2 nitrogen and oxygen atoms in total. The van der Waals surface area contributed by atoms with Gasteiger partial charge in [0.25, 0.3) is 0 Å². The average Bonchev–Trinajstić information content (AvgIpc) is 2.07. The quantitative estimate of drug-likeness (QED) is 0.599. The first kappa shape index (κ1) is 9.72. The number of nitrogens with zero attached hydrogens (tertiary/aromatic N) is 1. The fraction of sp³-hybridized carbons (Fsp3) is 0.900. The molecule has 0 aromatic heterocycles. The molecule has 1 aliphatic carbocycles. The highest BCUT2D eigenvalue weighted by Crippen LogP contribution is 2.27. The lowest BCUT2D eigenvalue weighted by Gasteiger charge is -2.30. The monoisotopic (exact) mass is 169 g/mol. The zero-order valence-electron chi connectivity index (χ0n) is 8.12. The zero-order valence-corrected chi connectivity index (χ0v) is 8.12. The summed E-state index contributed by atoms with van der Waals surface area (Å²) in [6.45, 7) is 0. The number of likely N-dealkylation sites (N-methyl/N-ethyl adjacent to an activating group) is 1. The predicted molar refractivity (Wildman–Crippen MR) is 50.1 cm³/mol. The second-order valence-corrected chi connectivity index (χ2v) is 3.99. The maximum absolute atomic E-state index is 10.8. The lowest BCUT2D eigenvalue weighted by Crippen LogP contribution is -2.37. The number of carbonyl (C=O) groups excluding carboxylic acids is 1. The third-order valence-corrected chi connectivity index (χ3v) is 2.87. The van der Waals surface area contributed by atoms with Gasteiger partial charge < -0.3 is 4.79 Å². The highest BCUT2D eigenvalue weighted by molar-refractivity contribution is 5.58. The first-order valence-corrected chi connectivity index (χ1v) is 4.87. The number of hydrogen-bond acceptors (Lipinski definition) is 2. The van der Waals surface area contributed by atoms with Crippen LogP contribution in [0.4, 0.5) is 0 Å². The van der Waals surface area contributed by atoms with Gasteiger partial charge in [0, 0.05) is 0 Å². The highest BCUT2D eigenvalue weighted by Gasteiger charge is 2.24. The summed E-state index contributed by atoms with van der Waals surface area (Å²) in [5.74, 6) is 0.617. The summed E-state index contributed by atoms with van der Waals surface area (Å²) in [5.41, 5.74) is 0. The molecule has 1 atom stereocenters. The van der Waals surface area contributed by atoms with Crippen LogP contribution >= 0.6 is 0 Å². The minimum absolute atomic E-state index is 0.158. The highest BCUT2D eigenvalue weighted by atomic mass is 16.1.